The van der Waals surface area contributed by atoms with Crippen LogP contribution in [0.4, 0.5) is 13.2 Å². The van der Waals surface area contributed by atoms with Crippen molar-refractivity contribution < 1.29 is 23.1 Å². The summed E-state index contributed by atoms with van der Waals surface area (Å²) in [6, 6.07) is 2.51. The average molecular weight is 238 g/mol. The largest absolute Gasteiger partial charge is 0.490 e. The number of carboxylic acid groups (broad SMARTS) is 1. The van der Waals surface area contributed by atoms with Crippen LogP contribution in [0.2, 0.25) is 0 Å². The van der Waals surface area contributed by atoms with E-state index in [1.807, 2.05) is 0 Å². The Balaban J connectivity index is 0.000000293. The van der Waals surface area contributed by atoms with Crippen LogP contribution in [0, 0.1) is 11.3 Å². The van der Waals surface area contributed by atoms with Crippen LogP contribution in [0.1, 0.15) is 19.8 Å². The number of aliphatic carboxylic acids is 1. The van der Waals surface area contributed by atoms with E-state index in [2.05, 4.69) is 17.9 Å². The second-order valence-corrected chi connectivity index (χ2v) is 3.22. The topological polar surface area (TPSA) is 64.3 Å². The number of carbonyl (C=O) groups is 1. The number of hydrogen-bond acceptors (Lipinski definition) is 3. The molecule has 0 spiro atoms. The number of alkyl halides is 3. The average Bonchev–Trinajstić information content (AvgIpc) is 2.63. The molecular formula is C9H13F3N2O2. The van der Waals surface area contributed by atoms with Crippen LogP contribution in [-0.2, 0) is 4.79 Å². The lowest BCUT2D eigenvalue weighted by Gasteiger charge is -2.14. The lowest BCUT2D eigenvalue weighted by Crippen LogP contribution is -2.27. The van der Waals surface area contributed by atoms with Crippen LogP contribution >= 0.6 is 0 Å². The SMILES string of the molecule is CCN1CCCC1C#N.O=C(O)C(F)(F)F. The molecule has 16 heavy (non-hydrogen) atoms. The van der Waals surface area contributed by atoms with Crippen molar-refractivity contribution in [2.75, 3.05) is 13.1 Å². The minimum atomic E-state index is -5.08. The summed E-state index contributed by atoms with van der Waals surface area (Å²) >= 11 is 0. The summed E-state index contributed by atoms with van der Waals surface area (Å²) in [6.45, 7) is 4.25. The first-order valence-corrected chi connectivity index (χ1v) is 4.76. The molecule has 1 saturated heterocycles. The molecule has 1 rings (SSSR count). The fraction of sp³-hybridized carbons (Fsp3) is 0.778. The van der Waals surface area contributed by atoms with Gasteiger partial charge in [-0.05, 0) is 25.9 Å². The zero-order valence-electron chi connectivity index (χ0n) is 8.79. The number of nitrogens with zero attached hydrogens (tertiary/aromatic N) is 2. The molecule has 1 fully saturated rings. The number of hydrogen-bond donors (Lipinski definition) is 1. The molecule has 1 aliphatic rings. The van der Waals surface area contributed by atoms with Gasteiger partial charge in [0.05, 0.1) is 12.1 Å². The van der Waals surface area contributed by atoms with Crippen LogP contribution in [-0.4, -0.2) is 41.3 Å². The molecule has 1 aliphatic heterocycles. The van der Waals surface area contributed by atoms with Gasteiger partial charge in [-0.15, -0.1) is 0 Å². The van der Waals surface area contributed by atoms with E-state index in [-0.39, 0.29) is 6.04 Å². The van der Waals surface area contributed by atoms with Crippen LogP contribution < -0.4 is 0 Å². The Morgan fingerprint density at radius 1 is 1.62 bits per heavy atom. The predicted octanol–water partition coefficient (Wildman–Crippen LogP) is 1.63. The normalized spacial score (nSPS) is 20.8. The molecule has 0 amide bonds. The molecule has 0 aliphatic carbocycles. The number of carboxylic acids is 1. The van der Waals surface area contributed by atoms with E-state index in [0.717, 1.165) is 19.5 Å². The third-order valence-electron chi connectivity index (χ3n) is 2.16. The minimum Gasteiger partial charge on any atom is -0.475 e. The van der Waals surface area contributed by atoms with E-state index in [9.17, 15) is 13.2 Å². The van der Waals surface area contributed by atoms with Crippen molar-refractivity contribution in [3.05, 3.63) is 0 Å². The van der Waals surface area contributed by atoms with E-state index in [1.54, 1.807) is 0 Å². The maximum Gasteiger partial charge on any atom is 0.490 e. The van der Waals surface area contributed by atoms with Crippen molar-refractivity contribution in [2.24, 2.45) is 0 Å². The number of nitriles is 1. The third kappa shape index (κ3) is 4.98. The fourth-order valence-corrected chi connectivity index (χ4v) is 1.35. The van der Waals surface area contributed by atoms with Gasteiger partial charge in [-0.3, -0.25) is 4.90 Å². The van der Waals surface area contributed by atoms with Crippen molar-refractivity contribution in [1.29, 1.82) is 5.26 Å². The van der Waals surface area contributed by atoms with Crippen molar-refractivity contribution in [2.45, 2.75) is 32.0 Å². The molecule has 1 atom stereocenters. The van der Waals surface area contributed by atoms with Gasteiger partial charge in [-0.1, -0.05) is 6.92 Å². The van der Waals surface area contributed by atoms with Crippen molar-refractivity contribution in [1.82, 2.24) is 4.90 Å². The summed E-state index contributed by atoms with van der Waals surface area (Å²) in [6.07, 6.45) is -2.81. The van der Waals surface area contributed by atoms with Gasteiger partial charge in [0.1, 0.15) is 0 Å². The molecule has 0 aromatic carbocycles. The molecule has 1 unspecified atom stereocenters. The van der Waals surface area contributed by atoms with E-state index in [0.29, 0.717) is 0 Å². The maximum atomic E-state index is 10.6. The lowest BCUT2D eigenvalue weighted by molar-refractivity contribution is -0.192. The first-order chi connectivity index (χ1) is 7.32. The quantitative estimate of drug-likeness (QED) is 0.754. The summed E-state index contributed by atoms with van der Waals surface area (Å²) in [5.41, 5.74) is 0. The van der Waals surface area contributed by atoms with Gasteiger partial charge in [-0.25, -0.2) is 4.79 Å². The van der Waals surface area contributed by atoms with E-state index >= 15 is 0 Å². The van der Waals surface area contributed by atoms with Crippen molar-refractivity contribution >= 4 is 5.97 Å². The lowest BCUT2D eigenvalue weighted by atomic mass is 10.2. The second-order valence-electron chi connectivity index (χ2n) is 3.22. The Morgan fingerprint density at radius 2 is 2.12 bits per heavy atom. The maximum absolute atomic E-state index is 10.6. The Kier molecular flexibility index (Phi) is 5.82. The van der Waals surface area contributed by atoms with E-state index in [1.165, 1.54) is 6.42 Å². The smallest absolute Gasteiger partial charge is 0.475 e. The van der Waals surface area contributed by atoms with Gasteiger partial charge < -0.3 is 5.11 Å². The first kappa shape index (κ1) is 14.7. The summed E-state index contributed by atoms with van der Waals surface area (Å²) in [4.78, 5) is 11.1. The van der Waals surface area contributed by atoms with Crippen LogP contribution in [0.15, 0.2) is 0 Å². The fourth-order valence-electron chi connectivity index (χ4n) is 1.35. The molecule has 0 radical (unpaired) electrons. The molecule has 0 aromatic heterocycles. The molecule has 7 heteroatoms. The number of halogens is 3. The van der Waals surface area contributed by atoms with Gasteiger partial charge in [0.15, 0.2) is 0 Å². The highest BCUT2D eigenvalue weighted by Crippen LogP contribution is 2.14. The molecule has 1 heterocycles. The highest BCUT2D eigenvalue weighted by Gasteiger charge is 2.38. The zero-order chi connectivity index (χ0) is 12.8. The Morgan fingerprint density at radius 3 is 2.38 bits per heavy atom. The molecule has 92 valence electrons. The standard InChI is InChI=1S/C7H12N2.C2HF3O2/c1-2-9-5-3-4-7(9)6-8;3-2(4,5)1(6)7/h7H,2-5H2,1H3;(H,6,7). The monoisotopic (exact) mass is 238 g/mol. The predicted molar refractivity (Wildman–Crippen MR) is 49.6 cm³/mol. The summed E-state index contributed by atoms with van der Waals surface area (Å²) in [5, 5.41) is 15.7. The van der Waals surface area contributed by atoms with E-state index in [4.69, 9.17) is 15.2 Å². The Labute approximate surface area is 91.3 Å². The summed E-state index contributed by atoms with van der Waals surface area (Å²) in [7, 11) is 0. The third-order valence-corrected chi connectivity index (χ3v) is 2.16. The van der Waals surface area contributed by atoms with Crippen LogP contribution in [0.3, 0.4) is 0 Å². The minimum absolute atomic E-state index is 0.218. The molecule has 0 bridgehead atoms. The van der Waals surface area contributed by atoms with Crippen molar-refractivity contribution in [3.8, 4) is 6.07 Å². The van der Waals surface area contributed by atoms with Gasteiger partial charge in [0, 0.05) is 0 Å². The molecule has 4 nitrogen and oxygen atoms in total. The molecular weight excluding hydrogens is 225 g/mol. The van der Waals surface area contributed by atoms with Crippen molar-refractivity contribution in [3.63, 3.8) is 0 Å². The summed E-state index contributed by atoms with van der Waals surface area (Å²) in [5.74, 6) is -2.76. The first-order valence-electron chi connectivity index (χ1n) is 4.76. The zero-order valence-corrected chi connectivity index (χ0v) is 8.79. The Bertz CT molecular complexity index is 273. The highest BCUT2D eigenvalue weighted by molar-refractivity contribution is 5.73. The second kappa shape index (κ2) is 6.33. The molecule has 1 N–H and O–H groups in total. The van der Waals surface area contributed by atoms with Gasteiger partial charge in [0.2, 0.25) is 0 Å². The molecule has 0 saturated carbocycles. The van der Waals surface area contributed by atoms with E-state index < -0.39 is 12.1 Å². The van der Waals surface area contributed by atoms with Gasteiger partial charge in [0.25, 0.3) is 0 Å². The number of likely N-dealkylation sites (tertiary alicyclic amines) is 1. The van der Waals surface area contributed by atoms with Crippen LogP contribution in [0.5, 0.6) is 0 Å². The van der Waals surface area contributed by atoms with Gasteiger partial charge in [-0.2, -0.15) is 18.4 Å². The van der Waals surface area contributed by atoms with Gasteiger partial charge >= 0.3 is 12.1 Å². The number of rotatable bonds is 1. The molecule has 0 aromatic rings. The van der Waals surface area contributed by atoms with Crippen LogP contribution in [0.25, 0.3) is 0 Å². The Hall–Kier alpha value is -1.29. The summed E-state index contributed by atoms with van der Waals surface area (Å²) < 4.78 is 31.7. The highest BCUT2D eigenvalue weighted by atomic mass is 19.4.